The first-order chi connectivity index (χ1) is 16.4. The fraction of sp³-hybridized carbons (Fsp3) is 0.207. The number of benzene rings is 3. The lowest BCUT2D eigenvalue weighted by Gasteiger charge is -2.12. The maximum absolute atomic E-state index is 12.8. The minimum Gasteiger partial charge on any atom is -0.507 e. The Balaban J connectivity index is 1.92. The monoisotopic (exact) mass is 453 g/mol. The smallest absolute Gasteiger partial charge is 0.336 e. The highest BCUT2D eigenvalue weighted by atomic mass is 16.4. The van der Waals surface area contributed by atoms with Crippen LogP contribution < -0.4 is 5.63 Å². The van der Waals surface area contributed by atoms with Crippen molar-refractivity contribution >= 4 is 39.8 Å². The van der Waals surface area contributed by atoms with E-state index >= 15 is 0 Å². The maximum atomic E-state index is 12.8. The number of hydrogen-bond donors (Lipinski definition) is 1. The second-order valence-electron chi connectivity index (χ2n) is 8.47. The van der Waals surface area contributed by atoms with E-state index in [0.29, 0.717) is 39.6 Å². The molecular formula is C29H27NO4. The number of unbranched alkanes of at least 4 members (excludes halogenated alkanes) is 1. The maximum Gasteiger partial charge on any atom is 0.336 e. The Bertz CT molecular complexity index is 1490. The van der Waals surface area contributed by atoms with Gasteiger partial charge in [-0.2, -0.15) is 0 Å². The molecule has 0 unspecified atom stereocenters. The van der Waals surface area contributed by atoms with E-state index in [1.54, 1.807) is 30.5 Å². The zero-order valence-corrected chi connectivity index (χ0v) is 19.6. The zero-order chi connectivity index (χ0) is 24.2. The van der Waals surface area contributed by atoms with Gasteiger partial charge in [-0.05, 0) is 49.6 Å². The SMILES string of the molecule is CCCCN=Cc1cc(/C=C/C(=O)c2ccc(C)cc2)c2c(ccc3c(C)cc(=O)oc32)c1O. The number of aromatic hydroxyl groups is 1. The van der Waals surface area contributed by atoms with Crippen molar-refractivity contribution in [1.82, 2.24) is 0 Å². The summed E-state index contributed by atoms with van der Waals surface area (Å²) in [5.41, 5.74) is 3.56. The van der Waals surface area contributed by atoms with Crippen LogP contribution in [0.2, 0.25) is 0 Å². The molecule has 0 spiro atoms. The number of carbonyl (C=O) groups excluding carboxylic acids is 1. The van der Waals surface area contributed by atoms with Crippen LogP contribution >= 0.6 is 0 Å². The van der Waals surface area contributed by atoms with E-state index in [-0.39, 0.29) is 11.5 Å². The molecule has 0 aliphatic rings. The Morgan fingerprint density at radius 1 is 1.03 bits per heavy atom. The van der Waals surface area contributed by atoms with E-state index in [0.717, 1.165) is 29.4 Å². The van der Waals surface area contributed by atoms with E-state index in [4.69, 9.17) is 4.42 Å². The highest BCUT2D eigenvalue weighted by Gasteiger charge is 2.15. The first-order valence-corrected chi connectivity index (χ1v) is 11.4. The number of ketones is 1. The Morgan fingerprint density at radius 2 is 1.76 bits per heavy atom. The number of phenols is 1. The molecule has 172 valence electrons. The van der Waals surface area contributed by atoms with Crippen molar-refractivity contribution in [2.45, 2.75) is 33.6 Å². The molecule has 3 aromatic carbocycles. The fourth-order valence-electron chi connectivity index (χ4n) is 3.95. The van der Waals surface area contributed by atoms with Gasteiger partial charge in [0.05, 0.1) is 0 Å². The number of nitrogens with zero attached hydrogens (tertiary/aromatic N) is 1. The standard InChI is InChI=1S/C29H27NO4/c1-4-5-14-30-17-22-16-21(10-13-25(31)20-8-6-18(2)7-9-20)27-24(28(22)33)12-11-23-19(3)15-26(32)34-29(23)27/h6-13,15-17,33H,4-5,14H2,1-3H3/b13-10+,30-17?. The first-order valence-electron chi connectivity index (χ1n) is 11.4. The Labute approximate surface area is 198 Å². The van der Waals surface area contributed by atoms with Gasteiger partial charge < -0.3 is 9.52 Å². The van der Waals surface area contributed by atoms with E-state index in [2.05, 4.69) is 11.9 Å². The molecule has 4 rings (SSSR count). The third kappa shape index (κ3) is 4.69. The van der Waals surface area contributed by atoms with Crippen molar-refractivity contribution in [2.75, 3.05) is 6.54 Å². The molecule has 0 radical (unpaired) electrons. The Kier molecular flexibility index (Phi) is 6.73. The van der Waals surface area contributed by atoms with E-state index in [1.165, 1.54) is 12.1 Å². The molecule has 0 fully saturated rings. The average molecular weight is 454 g/mol. The van der Waals surface area contributed by atoms with Gasteiger partial charge in [-0.25, -0.2) is 4.79 Å². The van der Waals surface area contributed by atoms with Crippen molar-refractivity contribution in [3.05, 3.63) is 92.8 Å². The van der Waals surface area contributed by atoms with Crippen LogP contribution in [0.3, 0.4) is 0 Å². The van der Waals surface area contributed by atoms with E-state index in [1.807, 2.05) is 38.1 Å². The molecule has 0 atom stereocenters. The van der Waals surface area contributed by atoms with Crippen LogP contribution in [0.5, 0.6) is 5.75 Å². The van der Waals surface area contributed by atoms with Crippen LogP contribution in [0.15, 0.2) is 68.8 Å². The van der Waals surface area contributed by atoms with Crippen LogP contribution in [0.1, 0.15) is 52.4 Å². The largest absolute Gasteiger partial charge is 0.507 e. The fourth-order valence-corrected chi connectivity index (χ4v) is 3.95. The first kappa shape index (κ1) is 23.2. The number of fused-ring (bicyclic) bond motifs is 3. The number of aliphatic imine (C=N–C) groups is 1. The van der Waals surface area contributed by atoms with Gasteiger partial charge >= 0.3 is 5.63 Å². The van der Waals surface area contributed by atoms with Crippen LogP contribution in [0.25, 0.3) is 27.8 Å². The van der Waals surface area contributed by atoms with Crippen LogP contribution in [0, 0.1) is 13.8 Å². The molecule has 5 nitrogen and oxygen atoms in total. The topological polar surface area (TPSA) is 79.9 Å². The van der Waals surface area contributed by atoms with Gasteiger partial charge in [-0.1, -0.05) is 55.3 Å². The van der Waals surface area contributed by atoms with Crippen molar-refractivity contribution in [3.63, 3.8) is 0 Å². The predicted molar refractivity (Wildman–Crippen MR) is 138 cm³/mol. The van der Waals surface area contributed by atoms with Gasteiger partial charge in [0.2, 0.25) is 0 Å². The van der Waals surface area contributed by atoms with Gasteiger partial charge in [-0.3, -0.25) is 9.79 Å². The minimum absolute atomic E-state index is 0.0586. The molecule has 1 N–H and O–H groups in total. The van der Waals surface area contributed by atoms with Crippen molar-refractivity contribution in [1.29, 1.82) is 0 Å². The molecule has 0 aliphatic heterocycles. The highest BCUT2D eigenvalue weighted by molar-refractivity contribution is 6.15. The van der Waals surface area contributed by atoms with Crippen LogP contribution in [0.4, 0.5) is 0 Å². The summed E-state index contributed by atoms with van der Waals surface area (Å²) in [5.74, 6) is -0.0828. The molecule has 0 saturated heterocycles. The Hall–Kier alpha value is -3.99. The van der Waals surface area contributed by atoms with E-state index in [9.17, 15) is 14.7 Å². The van der Waals surface area contributed by atoms with Crippen molar-refractivity contribution in [3.8, 4) is 5.75 Å². The lowest BCUT2D eigenvalue weighted by molar-refractivity contribution is 0.104. The van der Waals surface area contributed by atoms with Crippen molar-refractivity contribution < 1.29 is 14.3 Å². The second-order valence-corrected chi connectivity index (χ2v) is 8.47. The molecule has 0 saturated carbocycles. The number of phenolic OH excluding ortho intramolecular Hbond substituents is 1. The zero-order valence-electron chi connectivity index (χ0n) is 19.6. The summed E-state index contributed by atoms with van der Waals surface area (Å²) in [7, 11) is 0. The molecule has 34 heavy (non-hydrogen) atoms. The third-order valence-corrected chi connectivity index (χ3v) is 5.87. The number of rotatable bonds is 7. The third-order valence-electron chi connectivity index (χ3n) is 5.87. The van der Waals surface area contributed by atoms with Gasteiger partial charge in [0.25, 0.3) is 0 Å². The molecule has 0 amide bonds. The van der Waals surface area contributed by atoms with Gasteiger partial charge in [0.1, 0.15) is 11.3 Å². The lowest BCUT2D eigenvalue weighted by Crippen LogP contribution is -1.99. The molecule has 1 heterocycles. The molecule has 1 aromatic heterocycles. The molecule has 0 bridgehead atoms. The van der Waals surface area contributed by atoms with Gasteiger partial charge in [0.15, 0.2) is 5.78 Å². The molecule has 4 aromatic rings. The van der Waals surface area contributed by atoms with E-state index < -0.39 is 5.63 Å². The molecule has 5 heteroatoms. The molecular weight excluding hydrogens is 426 g/mol. The summed E-state index contributed by atoms with van der Waals surface area (Å²) < 4.78 is 5.59. The summed E-state index contributed by atoms with van der Waals surface area (Å²) in [5, 5.41) is 12.9. The Morgan fingerprint density at radius 3 is 2.50 bits per heavy atom. The number of aryl methyl sites for hydroxylation is 2. The summed E-state index contributed by atoms with van der Waals surface area (Å²) in [6, 6.07) is 14.2. The van der Waals surface area contributed by atoms with Crippen LogP contribution in [-0.4, -0.2) is 23.6 Å². The second kappa shape index (κ2) is 9.87. The number of carbonyl (C=O) groups is 1. The highest BCUT2D eigenvalue weighted by Crippen LogP contribution is 2.37. The number of allylic oxidation sites excluding steroid dienone is 1. The summed E-state index contributed by atoms with van der Waals surface area (Å²) in [6.45, 7) is 6.57. The molecule has 0 aliphatic carbocycles. The quantitative estimate of drug-likeness (QED) is 0.0879. The van der Waals surface area contributed by atoms with Crippen molar-refractivity contribution in [2.24, 2.45) is 4.99 Å². The predicted octanol–water partition coefficient (Wildman–Crippen LogP) is 6.38. The summed E-state index contributed by atoms with van der Waals surface area (Å²) in [4.78, 5) is 29.4. The average Bonchev–Trinajstić information content (AvgIpc) is 2.82. The number of hydrogen-bond acceptors (Lipinski definition) is 5. The van der Waals surface area contributed by atoms with Crippen LogP contribution in [-0.2, 0) is 0 Å². The normalized spacial score (nSPS) is 11.9. The lowest BCUT2D eigenvalue weighted by atomic mass is 9.95. The minimum atomic E-state index is -0.465. The summed E-state index contributed by atoms with van der Waals surface area (Å²) in [6.07, 6.45) is 6.84. The summed E-state index contributed by atoms with van der Waals surface area (Å²) >= 11 is 0. The van der Waals surface area contributed by atoms with Gasteiger partial charge in [-0.15, -0.1) is 0 Å². The van der Waals surface area contributed by atoms with Gasteiger partial charge in [0, 0.05) is 46.1 Å².